The molecule has 1 aromatic heterocycles. The van der Waals surface area contributed by atoms with Crippen molar-refractivity contribution in [3.05, 3.63) is 11.1 Å². The smallest absolute Gasteiger partial charge is 0.185 e. The van der Waals surface area contributed by atoms with E-state index in [1.165, 1.54) is 11.3 Å². The summed E-state index contributed by atoms with van der Waals surface area (Å²) in [6.45, 7) is 1.56. The van der Waals surface area contributed by atoms with E-state index in [2.05, 4.69) is 4.98 Å². The fourth-order valence-electron chi connectivity index (χ4n) is 0.871. The van der Waals surface area contributed by atoms with Crippen molar-refractivity contribution in [2.75, 3.05) is 32.2 Å². The molecule has 0 amide bonds. The van der Waals surface area contributed by atoms with E-state index in [0.29, 0.717) is 6.61 Å². The predicted octanol–water partition coefficient (Wildman–Crippen LogP) is 0.718. The fourth-order valence-corrected chi connectivity index (χ4v) is 1.63. The first kappa shape index (κ1) is 10.4. The third kappa shape index (κ3) is 2.95. The van der Waals surface area contributed by atoms with Gasteiger partial charge < -0.3 is 14.7 Å². The lowest BCUT2D eigenvalue weighted by atomic mass is 10.6. The Hall–Kier alpha value is -0.650. The molecule has 0 aliphatic rings. The Balaban J connectivity index is 2.50. The van der Waals surface area contributed by atoms with Crippen molar-refractivity contribution in [1.29, 1.82) is 0 Å². The summed E-state index contributed by atoms with van der Waals surface area (Å²) in [5.74, 6) is 0. The van der Waals surface area contributed by atoms with Gasteiger partial charge in [-0.15, -0.1) is 0 Å². The van der Waals surface area contributed by atoms with Gasteiger partial charge in [-0.3, -0.25) is 0 Å². The predicted molar refractivity (Wildman–Crippen MR) is 53.2 cm³/mol. The van der Waals surface area contributed by atoms with Crippen molar-refractivity contribution in [3.8, 4) is 0 Å². The average Bonchev–Trinajstić information content (AvgIpc) is 2.62. The van der Waals surface area contributed by atoms with Gasteiger partial charge in [0.1, 0.15) is 0 Å². The van der Waals surface area contributed by atoms with Crippen molar-refractivity contribution in [2.24, 2.45) is 0 Å². The highest BCUT2D eigenvalue weighted by Gasteiger charge is 2.05. The number of likely N-dealkylation sites (N-methyl/N-ethyl adjacent to an activating group) is 1. The van der Waals surface area contributed by atoms with Crippen molar-refractivity contribution in [1.82, 2.24) is 4.98 Å². The van der Waals surface area contributed by atoms with Gasteiger partial charge in [0.25, 0.3) is 0 Å². The average molecular weight is 202 g/mol. The van der Waals surface area contributed by atoms with Crippen LogP contribution in [0.25, 0.3) is 0 Å². The lowest BCUT2D eigenvalue weighted by molar-refractivity contribution is 0.206. The molecule has 1 aromatic rings. The standard InChI is InChI=1S/C8H14N2O2S/c1-10(3-4-12-2)8-9-5-7(6-11)13-8/h5,11H,3-4,6H2,1-2H3. The summed E-state index contributed by atoms with van der Waals surface area (Å²) in [5.41, 5.74) is 0. The zero-order valence-electron chi connectivity index (χ0n) is 7.86. The quantitative estimate of drug-likeness (QED) is 0.764. The van der Waals surface area contributed by atoms with E-state index in [1.54, 1.807) is 13.3 Å². The SMILES string of the molecule is COCCN(C)c1ncc(CO)s1. The Morgan fingerprint density at radius 1 is 1.69 bits per heavy atom. The number of rotatable bonds is 5. The van der Waals surface area contributed by atoms with Crippen molar-refractivity contribution >= 4 is 16.5 Å². The molecule has 1 heterocycles. The molecule has 0 saturated heterocycles. The Morgan fingerprint density at radius 3 is 3.00 bits per heavy atom. The molecular formula is C8H14N2O2S. The molecule has 74 valence electrons. The minimum absolute atomic E-state index is 0.0653. The van der Waals surface area contributed by atoms with E-state index in [0.717, 1.165) is 16.6 Å². The summed E-state index contributed by atoms with van der Waals surface area (Å²) < 4.78 is 4.95. The number of ether oxygens (including phenoxy) is 1. The molecule has 0 radical (unpaired) electrons. The largest absolute Gasteiger partial charge is 0.391 e. The molecule has 0 bridgehead atoms. The highest BCUT2D eigenvalue weighted by molar-refractivity contribution is 7.15. The van der Waals surface area contributed by atoms with Gasteiger partial charge in [0.2, 0.25) is 0 Å². The number of aromatic nitrogens is 1. The van der Waals surface area contributed by atoms with Gasteiger partial charge in [0, 0.05) is 26.9 Å². The second kappa shape index (κ2) is 5.16. The van der Waals surface area contributed by atoms with Crippen LogP contribution in [0.3, 0.4) is 0 Å². The number of anilines is 1. The topological polar surface area (TPSA) is 45.6 Å². The first-order valence-electron chi connectivity index (χ1n) is 4.03. The monoisotopic (exact) mass is 202 g/mol. The van der Waals surface area contributed by atoms with Crippen LogP contribution in [-0.4, -0.2) is 37.4 Å². The molecule has 1 N–H and O–H groups in total. The lowest BCUT2D eigenvalue weighted by Gasteiger charge is -2.14. The molecule has 0 spiro atoms. The molecular weight excluding hydrogens is 188 g/mol. The van der Waals surface area contributed by atoms with Gasteiger partial charge in [0.05, 0.1) is 18.1 Å². The summed E-state index contributed by atoms with van der Waals surface area (Å²) in [6, 6.07) is 0. The molecule has 4 nitrogen and oxygen atoms in total. The third-order valence-corrected chi connectivity index (χ3v) is 2.75. The molecule has 0 aliphatic carbocycles. The summed E-state index contributed by atoms with van der Waals surface area (Å²) in [7, 11) is 3.63. The van der Waals surface area contributed by atoms with Crippen LogP contribution in [0.1, 0.15) is 4.88 Å². The molecule has 0 aliphatic heterocycles. The Labute approximate surface area is 81.8 Å². The maximum absolute atomic E-state index is 8.84. The van der Waals surface area contributed by atoms with E-state index in [9.17, 15) is 0 Å². The second-order valence-corrected chi connectivity index (χ2v) is 3.78. The number of nitrogens with zero attached hydrogens (tertiary/aromatic N) is 2. The molecule has 0 aromatic carbocycles. The van der Waals surface area contributed by atoms with Gasteiger partial charge in [0.15, 0.2) is 5.13 Å². The molecule has 13 heavy (non-hydrogen) atoms. The van der Waals surface area contributed by atoms with Crippen molar-refractivity contribution in [2.45, 2.75) is 6.61 Å². The number of hydrogen-bond acceptors (Lipinski definition) is 5. The first-order valence-corrected chi connectivity index (χ1v) is 4.85. The third-order valence-electron chi connectivity index (χ3n) is 1.65. The molecule has 1 rings (SSSR count). The number of aliphatic hydroxyl groups excluding tert-OH is 1. The summed E-state index contributed by atoms with van der Waals surface area (Å²) in [4.78, 5) is 7.06. The van der Waals surface area contributed by atoms with Crippen LogP contribution < -0.4 is 4.90 Å². The first-order chi connectivity index (χ1) is 6.27. The molecule has 0 atom stereocenters. The minimum atomic E-state index is 0.0653. The van der Waals surface area contributed by atoms with Crippen LogP contribution in [-0.2, 0) is 11.3 Å². The van der Waals surface area contributed by atoms with E-state index < -0.39 is 0 Å². The highest BCUT2D eigenvalue weighted by atomic mass is 32.1. The highest BCUT2D eigenvalue weighted by Crippen LogP contribution is 2.20. The van der Waals surface area contributed by atoms with Crippen LogP contribution in [0.5, 0.6) is 0 Å². The van der Waals surface area contributed by atoms with Gasteiger partial charge >= 0.3 is 0 Å². The zero-order chi connectivity index (χ0) is 9.68. The summed E-state index contributed by atoms with van der Waals surface area (Å²) in [5, 5.41) is 9.75. The van der Waals surface area contributed by atoms with Gasteiger partial charge in [-0.05, 0) is 0 Å². The van der Waals surface area contributed by atoms with Crippen LogP contribution in [0.15, 0.2) is 6.20 Å². The number of methoxy groups -OCH3 is 1. The molecule has 0 unspecified atom stereocenters. The lowest BCUT2D eigenvalue weighted by Crippen LogP contribution is -2.21. The fraction of sp³-hybridized carbons (Fsp3) is 0.625. The Morgan fingerprint density at radius 2 is 2.46 bits per heavy atom. The van der Waals surface area contributed by atoms with Crippen molar-refractivity contribution < 1.29 is 9.84 Å². The maximum atomic E-state index is 8.84. The maximum Gasteiger partial charge on any atom is 0.185 e. The van der Waals surface area contributed by atoms with Crippen molar-refractivity contribution in [3.63, 3.8) is 0 Å². The van der Waals surface area contributed by atoms with E-state index in [1.807, 2.05) is 11.9 Å². The van der Waals surface area contributed by atoms with E-state index >= 15 is 0 Å². The Bertz CT molecular complexity index is 252. The van der Waals surface area contributed by atoms with Gasteiger partial charge in [-0.2, -0.15) is 0 Å². The van der Waals surface area contributed by atoms with Crippen LogP contribution in [0.4, 0.5) is 5.13 Å². The number of hydrogen-bond donors (Lipinski definition) is 1. The number of thiazole rings is 1. The zero-order valence-corrected chi connectivity index (χ0v) is 8.67. The number of aliphatic hydroxyl groups is 1. The molecule has 0 saturated carbocycles. The van der Waals surface area contributed by atoms with Crippen LogP contribution in [0.2, 0.25) is 0 Å². The van der Waals surface area contributed by atoms with E-state index in [-0.39, 0.29) is 6.61 Å². The van der Waals surface area contributed by atoms with E-state index in [4.69, 9.17) is 9.84 Å². The molecule has 0 fully saturated rings. The van der Waals surface area contributed by atoms with Gasteiger partial charge in [-0.1, -0.05) is 11.3 Å². The van der Waals surface area contributed by atoms with Crippen LogP contribution >= 0.6 is 11.3 Å². The normalized spacial score (nSPS) is 10.4. The summed E-state index contributed by atoms with van der Waals surface area (Å²) >= 11 is 1.50. The second-order valence-electron chi connectivity index (χ2n) is 2.68. The summed E-state index contributed by atoms with van der Waals surface area (Å²) in [6.07, 6.45) is 1.70. The van der Waals surface area contributed by atoms with Crippen LogP contribution in [0, 0.1) is 0 Å². The minimum Gasteiger partial charge on any atom is -0.391 e. The van der Waals surface area contributed by atoms with Gasteiger partial charge in [-0.25, -0.2) is 4.98 Å². The molecule has 5 heteroatoms. The Kier molecular flexibility index (Phi) is 4.14.